The monoisotopic (exact) mass is 422 g/mol. The Balaban J connectivity index is 1.88. The van der Waals surface area contributed by atoms with Gasteiger partial charge in [-0.2, -0.15) is 0 Å². The van der Waals surface area contributed by atoms with Crippen molar-refractivity contribution in [1.29, 1.82) is 0 Å². The van der Waals surface area contributed by atoms with Crippen LogP contribution in [0.5, 0.6) is 0 Å². The third kappa shape index (κ3) is 4.44. The number of halogens is 1. The number of benzene rings is 3. The van der Waals surface area contributed by atoms with Gasteiger partial charge in [-0.15, -0.1) is 0 Å². The highest BCUT2D eigenvalue weighted by Gasteiger charge is 2.16. The van der Waals surface area contributed by atoms with Crippen molar-refractivity contribution < 1.29 is 9.59 Å². The summed E-state index contributed by atoms with van der Waals surface area (Å²) in [5.41, 5.74) is 3.03. The van der Waals surface area contributed by atoms with Crippen LogP contribution in [0.2, 0.25) is 0 Å². The molecule has 0 aliphatic heterocycles. The van der Waals surface area contributed by atoms with Gasteiger partial charge < -0.3 is 10.2 Å². The lowest BCUT2D eigenvalue weighted by molar-refractivity contribution is 0.102. The lowest BCUT2D eigenvalue weighted by Crippen LogP contribution is -2.16. The third-order valence-electron chi connectivity index (χ3n) is 4.16. The first-order valence-corrected chi connectivity index (χ1v) is 9.23. The summed E-state index contributed by atoms with van der Waals surface area (Å²) in [6, 6.07) is 21.6. The largest absolute Gasteiger partial charge is 0.378 e. The number of anilines is 2. The maximum Gasteiger partial charge on any atom is 0.255 e. The molecule has 0 spiro atoms. The van der Waals surface area contributed by atoms with Crippen LogP contribution in [-0.2, 0) is 0 Å². The number of nitrogens with zero attached hydrogens (tertiary/aromatic N) is 1. The molecule has 0 aromatic heterocycles. The van der Waals surface area contributed by atoms with Crippen LogP contribution in [0.15, 0.2) is 77.3 Å². The van der Waals surface area contributed by atoms with E-state index in [4.69, 9.17) is 0 Å². The van der Waals surface area contributed by atoms with Crippen molar-refractivity contribution in [3.05, 3.63) is 94.0 Å². The summed E-state index contributed by atoms with van der Waals surface area (Å²) in [6.45, 7) is 0. The minimum atomic E-state index is -0.259. The van der Waals surface area contributed by atoms with Crippen molar-refractivity contribution in [3.63, 3.8) is 0 Å². The molecule has 27 heavy (non-hydrogen) atoms. The Bertz CT molecular complexity index is 967. The first-order valence-electron chi connectivity index (χ1n) is 8.44. The molecule has 0 heterocycles. The minimum Gasteiger partial charge on any atom is -0.378 e. The van der Waals surface area contributed by atoms with Gasteiger partial charge >= 0.3 is 0 Å². The fourth-order valence-electron chi connectivity index (χ4n) is 2.66. The number of hydrogen-bond donors (Lipinski definition) is 1. The quantitative estimate of drug-likeness (QED) is 0.588. The molecule has 0 aliphatic rings. The normalized spacial score (nSPS) is 10.3. The first-order chi connectivity index (χ1) is 13.0. The summed E-state index contributed by atoms with van der Waals surface area (Å²) in [7, 11) is 3.89. The van der Waals surface area contributed by atoms with Crippen LogP contribution >= 0.6 is 15.9 Å². The van der Waals surface area contributed by atoms with Crippen LogP contribution in [0.4, 0.5) is 11.4 Å². The summed E-state index contributed by atoms with van der Waals surface area (Å²) in [4.78, 5) is 27.5. The number of nitrogens with one attached hydrogen (secondary N) is 1. The number of carbonyl (C=O) groups excluding carboxylic acids is 2. The van der Waals surface area contributed by atoms with E-state index >= 15 is 0 Å². The van der Waals surface area contributed by atoms with Crippen molar-refractivity contribution in [3.8, 4) is 0 Å². The fraction of sp³-hybridized carbons (Fsp3) is 0.0909. The van der Waals surface area contributed by atoms with Crippen molar-refractivity contribution in [1.82, 2.24) is 0 Å². The lowest BCUT2D eigenvalue weighted by Gasteiger charge is -2.14. The molecule has 1 amide bonds. The second kappa shape index (κ2) is 8.18. The molecule has 3 rings (SSSR count). The minimum absolute atomic E-state index is 0.143. The number of carbonyl (C=O) groups is 2. The van der Waals surface area contributed by atoms with Gasteiger partial charge in [0.05, 0.1) is 5.69 Å². The molecule has 0 fully saturated rings. The molecule has 4 nitrogen and oxygen atoms in total. The predicted molar refractivity (Wildman–Crippen MR) is 113 cm³/mol. The van der Waals surface area contributed by atoms with Crippen molar-refractivity contribution in [2.24, 2.45) is 0 Å². The van der Waals surface area contributed by atoms with Gasteiger partial charge in [-0.1, -0.05) is 46.3 Å². The van der Waals surface area contributed by atoms with Gasteiger partial charge in [0.1, 0.15) is 0 Å². The van der Waals surface area contributed by atoms with Crippen molar-refractivity contribution in [2.45, 2.75) is 0 Å². The average Bonchev–Trinajstić information content (AvgIpc) is 2.69. The van der Waals surface area contributed by atoms with Crippen LogP contribution in [0.25, 0.3) is 0 Å². The Hall–Kier alpha value is -2.92. The highest BCUT2D eigenvalue weighted by molar-refractivity contribution is 9.10. The van der Waals surface area contributed by atoms with Gasteiger partial charge in [0.25, 0.3) is 5.91 Å². The highest BCUT2D eigenvalue weighted by atomic mass is 79.9. The summed E-state index contributed by atoms with van der Waals surface area (Å²) in [6.07, 6.45) is 0. The van der Waals surface area contributed by atoms with Gasteiger partial charge in [0, 0.05) is 40.9 Å². The van der Waals surface area contributed by atoms with Gasteiger partial charge in [0.2, 0.25) is 0 Å². The molecule has 0 aliphatic carbocycles. The molecule has 5 heteroatoms. The lowest BCUT2D eigenvalue weighted by atomic mass is 10.0. The maximum atomic E-state index is 12.9. The van der Waals surface area contributed by atoms with Crippen LogP contribution in [-0.4, -0.2) is 25.8 Å². The number of hydrogen-bond acceptors (Lipinski definition) is 3. The van der Waals surface area contributed by atoms with Crippen LogP contribution < -0.4 is 10.2 Å². The molecule has 0 atom stereocenters. The Kier molecular flexibility index (Phi) is 5.72. The highest BCUT2D eigenvalue weighted by Crippen LogP contribution is 2.25. The molecule has 0 saturated heterocycles. The molecule has 136 valence electrons. The second-order valence-electron chi connectivity index (χ2n) is 6.28. The number of rotatable bonds is 5. The Labute approximate surface area is 167 Å². The molecular formula is C22H19BrN2O2. The molecular weight excluding hydrogens is 404 g/mol. The van der Waals surface area contributed by atoms with Crippen molar-refractivity contribution in [2.75, 3.05) is 24.3 Å². The van der Waals surface area contributed by atoms with Crippen molar-refractivity contribution >= 4 is 39.0 Å². The van der Waals surface area contributed by atoms with Crippen LogP contribution in [0, 0.1) is 0 Å². The first kappa shape index (κ1) is 18.9. The number of amides is 1. The predicted octanol–water partition coefficient (Wildman–Crippen LogP) is 5.00. The van der Waals surface area contributed by atoms with Gasteiger partial charge in [-0.3, -0.25) is 9.59 Å². The fourth-order valence-corrected chi connectivity index (χ4v) is 3.02. The molecule has 0 radical (unpaired) electrons. The maximum absolute atomic E-state index is 12.9. The standard InChI is InChI=1S/C22H19BrN2O2/c1-25(2)18-11-8-16(9-12-18)22(27)24-20-13-10-17(23)14-19(20)21(26)15-6-4-3-5-7-15/h3-14H,1-2H3,(H,24,27). The Morgan fingerprint density at radius 1 is 0.852 bits per heavy atom. The average molecular weight is 423 g/mol. The smallest absolute Gasteiger partial charge is 0.255 e. The topological polar surface area (TPSA) is 49.4 Å². The van der Waals surface area contributed by atoms with E-state index in [1.165, 1.54) is 0 Å². The molecule has 3 aromatic rings. The van der Waals surface area contributed by atoms with Crippen LogP contribution in [0.1, 0.15) is 26.3 Å². The number of ketones is 1. The van der Waals surface area contributed by atoms with E-state index in [2.05, 4.69) is 21.2 Å². The van der Waals surface area contributed by atoms with E-state index in [0.717, 1.165) is 10.2 Å². The SMILES string of the molecule is CN(C)c1ccc(C(=O)Nc2ccc(Br)cc2C(=O)c2ccccc2)cc1. The Morgan fingerprint density at radius 3 is 2.15 bits per heavy atom. The summed E-state index contributed by atoms with van der Waals surface area (Å²) in [5, 5.41) is 2.86. The van der Waals surface area contributed by atoms with Gasteiger partial charge in [-0.05, 0) is 42.5 Å². The summed E-state index contributed by atoms with van der Waals surface area (Å²) >= 11 is 3.40. The van der Waals surface area contributed by atoms with E-state index in [9.17, 15) is 9.59 Å². The summed E-state index contributed by atoms with van der Waals surface area (Å²) < 4.78 is 0.773. The van der Waals surface area contributed by atoms with Crippen LogP contribution in [0.3, 0.4) is 0 Å². The third-order valence-corrected chi connectivity index (χ3v) is 4.65. The zero-order valence-corrected chi connectivity index (χ0v) is 16.7. The van der Waals surface area contributed by atoms with E-state index < -0.39 is 0 Å². The van der Waals surface area contributed by atoms with E-state index in [-0.39, 0.29) is 11.7 Å². The zero-order chi connectivity index (χ0) is 19.4. The summed E-state index contributed by atoms with van der Waals surface area (Å²) in [5.74, 6) is -0.403. The van der Waals surface area contributed by atoms with Gasteiger partial charge in [0.15, 0.2) is 5.78 Å². The van der Waals surface area contributed by atoms with Gasteiger partial charge in [-0.25, -0.2) is 0 Å². The van der Waals surface area contributed by atoms with E-state index in [1.54, 1.807) is 42.5 Å². The Morgan fingerprint density at radius 2 is 1.52 bits per heavy atom. The molecule has 0 saturated carbocycles. The molecule has 0 unspecified atom stereocenters. The van der Waals surface area contributed by atoms with E-state index in [0.29, 0.717) is 22.4 Å². The molecule has 3 aromatic carbocycles. The molecule has 0 bridgehead atoms. The zero-order valence-electron chi connectivity index (χ0n) is 15.1. The second-order valence-corrected chi connectivity index (χ2v) is 7.20. The van der Waals surface area contributed by atoms with E-state index in [1.807, 2.05) is 49.3 Å². The molecule has 1 N–H and O–H groups in total.